The molecule has 0 fully saturated rings. The summed E-state index contributed by atoms with van der Waals surface area (Å²) in [7, 11) is 0. The lowest BCUT2D eigenvalue weighted by Gasteiger charge is -2.14. The van der Waals surface area contributed by atoms with Crippen LogP contribution >= 0.6 is 0 Å². The largest absolute Gasteiger partial charge is 0.378 e. The standard InChI is InChI=1S/C18H21NO3/c1-2-22-13-16-11-7-6-10-15(16)12-19-18(21)17(20)14-8-4-3-5-9-14/h3-11,17,20H,2,12-13H2,1H3,(H,19,21). The number of benzene rings is 2. The lowest BCUT2D eigenvalue weighted by atomic mass is 10.1. The number of nitrogens with one attached hydrogen (secondary N) is 1. The van der Waals surface area contributed by atoms with Crippen LogP contribution in [0.5, 0.6) is 0 Å². The smallest absolute Gasteiger partial charge is 0.253 e. The Morgan fingerprint density at radius 1 is 1.09 bits per heavy atom. The van der Waals surface area contributed by atoms with Crippen LogP contribution in [0.4, 0.5) is 0 Å². The highest BCUT2D eigenvalue weighted by atomic mass is 16.5. The first kappa shape index (κ1) is 16.2. The average Bonchev–Trinajstić information content (AvgIpc) is 2.58. The van der Waals surface area contributed by atoms with Crippen LogP contribution < -0.4 is 5.32 Å². The maximum atomic E-state index is 12.0. The Kier molecular flexibility index (Phi) is 6.13. The molecule has 2 aromatic carbocycles. The van der Waals surface area contributed by atoms with Gasteiger partial charge in [0.05, 0.1) is 6.61 Å². The zero-order valence-electron chi connectivity index (χ0n) is 12.7. The molecule has 2 rings (SSSR count). The maximum absolute atomic E-state index is 12.0. The monoisotopic (exact) mass is 299 g/mol. The molecule has 1 unspecified atom stereocenters. The SMILES string of the molecule is CCOCc1ccccc1CNC(=O)C(O)c1ccccc1. The Morgan fingerprint density at radius 2 is 1.73 bits per heavy atom. The van der Waals surface area contributed by atoms with Crippen LogP contribution in [-0.2, 0) is 22.7 Å². The molecule has 0 bridgehead atoms. The third-order valence-electron chi connectivity index (χ3n) is 3.40. The molecule has 0 aliphatic carbocycles. The topological polar surface area (TPSA) is 58.6 Å². The number of amides is 1. The highest BCUT2D eigenvalue weighted by Crippen LogP contribution is 2.14. The van der Waals surface area contributed by atoms with E-state index >= 15 is 0 Å². The molecule has 22 heavy (non-hydrogen) atoms. The number of hydrogen-bond acceptors (Lipinski definition) is 3. The van der Waals surface area contributed by atoms with Gasteiger partial charge >= 0.3 is 0 Å². The van der Waals surface area contributed by atoms with Gasteiger partial charge in [-0.05, 0) is 23.6 Å². The van der Waals surface area contributed by atoms with Gasteiger partial charge in [-0.1, -0.05) is 54.6 Å². The van der Waals surface area contributed by atoms with E-state index in [1.165, 1.54) is 0 Å². The first-order valence-corrected chi connectivity index (χ1v) is 7.37. The van der Waals surface area contributed by atoms with Crippen molar-refractivity contribution in [2.45, 2.75) is 26.2 Å². The van der Waals surface area contributed by atoms with Crippen LogP contribution in [0.2, 0.25) is 0 Å². The summed E-state index contributed by atoms with van der Waals surface area (Å²) >= 11 is 0. The van der Waals surface area contributed by atoms with E-state index in [2.05, 4.69) is 5.32 Å². The van der Waals surface area contributed by atoms with Crippen molar-refractivity contribution in [1.82, 2.24) is 5.32 Å². The molecule has 2 N–H and O–H groups in total. The molecule has 0 aliphatic heterocycles. The quantitative estimate of drug-likeness (QED) is 0.826. The molecule has 1 amide bonds. The van der Waals surface area contributed by atoms with Crippen LogP contribution in [-0.4, -0.2) is 17.6 Å². The maximum Gasteiger partial charge on any atom is 0.253 e. The summed E-state index contributed by atoms with van der Waals surface area (Å²) in [5.41, 5.74) is 2.62. The van der Waals surface area contributed by atoms with E-state index in [4.69, 9.17) is 4.74 Å². The summed E-state index contributed by atoms with van der Waals surface area (Å²) in [6, 6.07) is 16.7. The molecule has 0 aromatic heterocycles. The fraction of sp³-hybridized carbons (Fsp3) is 0.278. The van der Waals surface area contributed by atoms with E-state index in [0.717, 1.165) is 11.1 Å². The summed E-state index contributed by atoms with van der Waals surface area (Å²) in [6.07, 6.45) is -1.15. The van der Waals surface area contributed by atoms with Crippen LogP contribution in [0.3, 0.4) is 0 Å². The Labute approximate surface area is 130 Å². The van der Waals surface area contributed by atoms with Gasteiger partial charge in [-0.25, -0.2) is 0 Å². The molecule has 0 heterocycles. The van der Waals surface area contributed by atoms with Gasteiger partial charge in [0.25, 0.3) is 5.91 Å². The predicted octanol–water partition coefficient (Wildman–Crippen LogP) is 2.57. The number of rotatable bonds is 7. The van der Waals surface area contributed by atoms with E-state index in [0.29, 0.717) is 25.3 Å². The molecule has 0 saturated carbocycles. The van der Waals surface area contributed by atoms with Gasteiger partial charge in [-0.3, -0.25) is 4.79 Å². The van der Waals surface area contributed by atoms with Crippen molar-refractivity contribution in [3.05, 3.63) is 71.3 Å². The minimum atomic E-state index is -1.15. The van der Waals surface area contributed by atoms with Crippen molar-refractivity contribution in [1.29, 1.82) is 0 Å². The first-order valence-electron chi connectivity index (χ1n) is 7.37. The summed E-state index contributed by atoms with van der Waals surface area (Å²) in [5, 5.41) is 12.8. The lowest BCUT2D eigenvalue weighted by Crippen LogP contribution is -2.29. The second-order valence-electron chi connectivity index (χ2n) is 4.94. The fourth-order valence-corrected chi connectivity index (χ4v) is 2.15. The van der Waals surface area contributed by atoms with E-state index in [1.807, 2.05) is 37.3 Å². The number of carbonyl (C=O) groups is 1. The van der Waals surface area contributed by atoms with Crippen LogP contribution in [0.1, 0.15) is 29.7 Å². The van der Waals surface area contributed by atoms with Gasteiger partial charge < -0.3 is 15.2 Å². The van der Waals surface area contributed by atoms with Gasteiger partial charge in [-0.15, -0.1) is 0 Å². The number of aliphatic hydroxyl groups is 1. The summed E-state index contributed by atoms with van der Waals surface area (Å²) in [6.45, 7) is 3.48. The molecule has 0 spiro atoms. The van der Waals surface area contributed by atoms with Crippen molar-refractivity contribution < 1.29 is 14.6 Å². The van der Waals surface area contributed by atoms with E-state index in [9.17, 15) is 9.90 Å². The molecule has 2 aromatic rings. The average molecular weight is 299 g/mol. The van der Waals surface area contributed by atoms with Gasteiger partial charge in [0.15, 0.2) is 6.10 Å². The molecular formula is C18H21NO3. The predicted molar refractivity (Wildman–Crippen MR) is 85.0 cm³/mol. The number of ether oxygens (including phenoxy) is 1. The first-order chi connectivity index (χ1) is 10.7. The zero-order valence-corrected chi connectivity index (χ0v) is 12.7. The van der Waals surface area contributed by atoms with Crippen molar-refractivity contribution in [2.75, 3.05) is 6.61 Å². The number of carbonyl (C=O) groups excluding carboxylic acids is 1. The third-order valence-corrected chi connectivity index (χ3v) is 3.40. The Morgan fingerprint density at radius 3 is 2.41 bits per heavy atom. The highest BCUT2D eigenvalue weighted by molar-refractivity contribution is 5.81. The Hall–Kier alpha value is -2.17. The second-order valence-corrected chi connectivity index (χ2v) is 4.94. The summed E-state index contributed by atoms with van der Waals surface area (Å²) in [4.78, 5) is 12.0. The fourth-order valence-electron chi connectivity index (χ4n) is 2.15. The summed E-state index contributed by atoms with van der Waals surface area (Å²) in [5.74, 6) is -0.405. The van der Waals surface area contributed by atoms with Crippen LogP contribution in [0.15, 0.2) is 54.6 Å². The van der Waals surface area contributed by atoms with Crippen molar-refractivity contribution in [3.8, 4) is 0 Å². The van der Waals surface area contributed by atoms with E-state index < -0.39 is 12.0 Å². The molecule has 4 heteroatoms. The molecule has 1 atom stereocenters. The normalized spacial score (nSPS) is 11.9. The minimum Gasteiger partial charge on any atom is -0.378 e. The van der Waals surface area contributed by atoms with Gasteiger partial charge in [0.2, 0.25) is 0 Å². The molecule has 0 radical (unpaired) electrons. The molecular weight excluding hydrogens is 278 g/mol. The van der Waals surface area contributed by atoms with Gasteiger partial charge in [-0.2, -0.15) is 0 Å². The van der Waals surface area contributed by atoms with Crippen LogP contribution in [0.25, 0.3) is 0 Å². The van der Waals surface area contributed by atoms with Gasteiger partial charge in [0, 0.05) is 13.2 Å². The third kappa shape index (κ3) is 4.41. The molecule has 4 nitrogen and oxygen atoms in total. The van der Waals surface area contributed by atoms with E-state index in [-0.39, 0.29) is 0 Å². The molecule has 0 saturated heterocycles. The molecule has 116 valence electrons. The van der Waals surface area contributed by atoms with Crippen molar-refractivity contribution >= 4 is 5.91 Å². The minimum absolute atomic E-state index is 0.367. The van der Waals surface area contributed by atoms with Crippen LogP contribution in [0, 0.1) is 0 Å². The lowest BCUT2D eigenvalue weighted by molar-refractivity contribution is -0.129. The number of aliphatic hydroxyl groups excluding tert-OH is 1. The Balaban J connectivity index is 1.96. The van der Waals surface area contributed by atoms with E-state index in [1.54, 1.807) is 24.3 Å². The highest BCUT2D eigenvalue weighted by Gasteiger charge is 2.16. The summed E-state index contributed by atoms with van der Waals surface area (Å²) < 4.78 is 5.42. The van der Waals surface area contributed by atoms with Crippen molar-refractivity contribution in [3.63, 3.8) is 0 Å². The Bertz CT molecular complexity index is 598. The van der Waals surface area contributed by atoms with Crippen molar-refractivity contribution in [2.24, 2.45) is 0 Å². The van der Waals surface area contributed by atoms with Gasteiger partial charge in [0.1, 0.15) is 0 Å². The second kappa shape index (κ2) is 8.32. The number of hydrogen-bond donors (Lipinski definition) is 2. The zero-order chi connectivity index (χ0) is 15.8. The molecule has 0 aliphatic rings.